The molecular formula is C40H51N3O6. The number of amides is 3. The van der Waals surface area contributed by atoms with Crippen LogP contribution in [0.2, 0.25) is 0 Å². The summed E-state index contributed by atoms with van der Waals surface area (Å²) < 4.78 is 11.3. The van der Waals surface area contributed by atoms with E-state index >= 15 is 0 Å². The molecule has 0 spiro atoms. The van der Waals surface area contributed by atoms with Crippen molar-refractivity contribution < 1.29 is 28.7 Å². The number of hydrogen-bond acceptors (Lipinski definition) is 6. The molecule has 1 fully saturated rings. The van der Waals surface area contributed by atoms with Gasteiger partial charge in [0, 0.05) is 18.9 Å². The molecule has 2 N–H and O–H groups in total. The average molecular weight is 670 g/mol. The van der Waals surface area contributed by atoms with Crippen LogP contribution in [0.3, 0.4) is 0 Å². The number of esters is 1. The van der Waals surface area contributed by atoms with Gasteiger partial charge in [0.05, 0.1) is 0 Å². The molecule has 3 aromatic carbocycles. The van der Waals surface area contributed by atoms with E-state index < -0.39 is 53.2 Å². The Hall–Kier alpha value is -4.66. The topological polar surface area (TPSA) is 114 Å². The van der Waals surface area contributed by atoms with Crippen molar-refractivity contribution in [2.24, 2.45) is 0 Å². The van der Waals surface area contributed by atoms with E-state index in [9.17, 15) is 19.2 Å². The number of ether oxygens (including phenoxy) is 2. The maximum atomic E-state index is 14.8. The van der Waals surface area contributed by atoms with Crippen LogP contribution in [0.25, 0.3) is 0 Å². The van der Waals surface area contributed by atoms with Crippen LogP contribution in [0, 0.1) is 13.8 Å². The SMILES string of the molecule is Cc1ccc(C(C(=O)NC(Cc2ccccc2)C(=O)OC(C)(C)C)N(C(=O)C(Cc2ccccc2)NC(=O)OC(C)(C)C)C2CC2)cc1C. The monoisotopic (exact) mass is 669 g/mol. The van der Waals surface area contributed by atoms with E-state index in [1.807, 2.05) is 92.7 Å². The van der Waals surface area contributed by atoms with Crippen molar-refractivity contribution in [1.29, 1.82) is 0 Å². The van der Waals surface area contributed by atoms with Crippen molar-refractivity contribution in [3.63, 3.8) is 0 Å². The van der Waals surface area contributed by atoms with Gasteiger partial charge >= 0.3 is 12.1 Å². The number of carbonyl (C=O) groups excluding carboxylic acids is 4. The van der Waals surface area contributed by atoms with Gasteiger partial charge in [-0.05, 0) is 96.0 Å². The summed E-state index contributed by atoms with van der Waals surface area (Å²) in [4.78, 5) is 57.7. The fourth-order valence-electron chi connectivity index (χ4n) is 5.59. The molecule has 0 aromatic heterocycles. The number of nitrogens with zero attached hydrogens (tertiary/aromatic N) is 1. The number of alkyl carbamates (subject to hydrolysis) is 1. The van der Waals surface area contributed by atoms with Crippen LogP contribution in [0.1, 0.15) is 88.2 Å². The lowest BCUT2D eigenvalue weighted by Crippen LogP contribution is -2.56. The zero-order valence-corrected chi connectivity index (χ0v) is 30.0. The smallest absolute Gasteiger partial charge is 0.408 e. The summed E-state index contributed by atoms with van der Waals surface area (Å²) >= 11 is 0. The van der Waals surface area contributed by atoms with E-state index in [-0.39, 0.29) is 18.9 Å². The molecule has 1 aliphatic rings. The number of benzene rings is 3. The van der Waals surface area contributed by atoms with Crippen molar-refractivity contribution in [3.05, 3.63) is 107 Å². The maximum absolute atomic E-state index is 14.8. The first-order chi connectivity index (χ1) is 23.0. The van der Waals surface area contributed by atoms with Gasteiger partial charge in [-0.2, -0.15) is 0 Å². The quantitative estimate of drug-likeness (QED) is 0.212. The van der Waals surface area contributed by atoms with Crippen molar-refractivity contribution >= 4 is 23.9 Å². The lowest BCUT2D eigenvalue weighted by Gasteiger charge is -2.36. The van der Waals surface area contributed by atoms with Crippen molar-refractivity contribution in [2.75, 3.05) is 0 Å². The molecule has 0 radical (unpaired) electrons. The van der Waals surface area contributed by atoms with Gasteiger partial charge in [0.15, 0.2) is 0 Å². The number of nitrogens with one attached hydrogen (secondary N) is 2. The Balaban J connectivity index is 1.76. The van der Waals surface area contributed by atoms with Crippen LogP contribution in [0.15, 0.2) is 78.9 Å². The van der Waals surface area contributed by atoms with Crippen molar-refractivity contribution in [3.8, 4) is 0 Å². The van der Waals surface area contributed by atoms with Gasteiger partial charge in [-0.3, -0.25) is 9.59 Å². The molecule has 262 valence electrons. The molecule has 9 nitrogen and oxygen atoms in total. The van der Waals surface area contributed by atoms with Crippen LogP contribution in [-0.2, 0) is 36.7 Å². The number of hydrogen-bond donors (Lipinski definition) is 2. The van der Waals surface area contributed by atoms with Gasteiger partial charge in [-0.1, -0.05) is 78.9 Å². The first kappa shape index (κ1) is 37.2. The van der Waals surface area contributed by atoms with Crippen LogP contribution >= 0.6 is 0 Å². The number of rotatable bonds is 12. The molecule has 3 atom stereocenters. The average Bonchev–Trinajstić information content (AvgIpc) is 3.85. The normalized spacial score (nSPS) is 14.9. The van der Waals surface area contributed by atoms with Gasteiger partial charge in [-0.15, -0.1) is 0 Å². The summed E-state index contributed by atoms with van der Waals surface area (Å²) in [7, 11) is 0. The third-order valence-corrected chi connectivity index (χ3v) is 8.13. The minimum atomic E-state index is -1.08. The minimum Gasteiger partial charge on any atom is -0.458 e. The Morgan fingerprint density at radius 3 is 1.73 bits per heavy atom. The lowest BCUT2D eigenvalue weighted by molar-refractivity contribution is -0.159. The predicted octanol–water partition coefficient (Wildman–Crippen LogP) is 6.54. The molecule has 0 bridgehead atoms. The maximum Gasteiger partial charge on any atom is 0.408 e. The molecule has 9 heteroatoms. The third kappa shape index (κ3) is 11.2. The van der Waals surface area contributed by atoms with Crippen molar-refractivity contribution in [2.45, 2.75) is 116 Å². The van der Waals surface area contributed by atoms with E-state index in [2.05, 4.69) is 10.6 Å². The van der Waals surface area contributed by atoms with Crippen LogP contribution in [0.4, 0.5) is 4.79 Å². The third-order valence-electron chi connectivity index (χ3n) is 8.13. The molecule has 1 aliphatic carbocycles. The zero-order valence-electron chi connectivity index (χ0n) is 30.0. The van der Waals surface area contributed by atoms with E-state index in [1.54, 1.807) is 46.4 Å². The molecule has 0 heterocycles. The molecule has 0 aliphatic heterocycles. The predicted molar refractivity (Wildman–Crippen MR) is 190 cm³/mol. The highest BCUT2D eigenvalue weighted by molar-refractivity contribution is 5.94. The summed E-state index contributed by atoms with van der Waals surface area (Å²) in [5, 5.41) is 5.79. The second-order valence-electron chi connectivity index (χ2n) is 14.9. The van der Waals surface area contributed by atoms with E-state index in [0.29, 0.717) is 18.4 Å². The van der Waals surface area contributed by atoms with Gasteiger partial charge in [0.25, 0.3) is 0 Å². The van der Waals surface area contributed by atoms with Crippen molar-refractivity contribution in [1.82, 2.24) is 15.5 Å². The fraction of sp³-hybridized carbons (Fsp3) is 0.450. The van der Waals surface area contributed by atoms with Crippen LogP contribution < -0.4 is 10.6 Å². The Morgan fingerprint density at radius 1 is 0.714 bits per heavy atom. The minimum absolute atomic E-state index is 0.192. The fourth-order valence-corrected chi connectivity index (χ4v) is 5.59. The Bertz CT molecular complexity index is 1610. The van der Waals surface area contributed by atoms with Gasteiger partial charge in [0.2, 0.25) is 11.8 Å². The number of carbonyl (C=O) groups is 4. The molecular weight excluding hydrogens is 618 g/mol. The summed E-state index contributed by atoms with van der Waals surface area (Å²) in [5.74, 6) is -1.49. The number of aryl methyl sites for hydroxylation is 2. The highest BCUT2D eigenvalue weighted by atomic mass is 16.6. The van der Waals surface area contributed by atoms with Crippen LogP contribution in [-0.4, -0.2) is 58.1 Å². The standard InChI is InChI=1S/C40H51N3O6/c1-26-19-20-30(23-27(26)2)34(35(44)41-33(37(46)48-39(3,4)5)25-29-17-13-10-14-18-29)43(31-21-22-31)36(45)32(24-28-15-11-9-12-16-28)42-38(47)49-40(6,7)8/h9-20,23,31-34H,21-22,24-25H2,1-8H3,(H,41,44)(H,42,47). The summed E-state index contributed by atoms with van der Waals surface area (Å²) in [5.41, 5.74) is 2.74. The zero-order chi connectivity index (χ0) is 35.9. The second-order valence-corrected chi connectivity index (χ2v) is 14.9. The van der Waals surface area contributed by atoms with Gasteiger partial charge in [0.1, 0.15) is 29.3 Å². The van der Waals surface area contributed by atoms with Gasteiger partial charge < -0.3 is 25.0 Å². The first-order valence-corrected chi connectivity index (χ1v) is 17.0. The van der Waals surface area contributed by atoms with E-state index in [1.165, 1.54) is 0 Å². The summed E-state index contributed by atoms with van der Waals surface area (Å²) in [6, 6.07) is 21.2. The second kappa shape index (κ2) is 15.7. The highest BCUT2D eigenvalue weighted by Gasteiger charge is 2.45. The Morgan fingerprint density at radius 2 is 1.24 bits per heavy atom. The largest absolute Gasteiger partial charge is 0.458 e. The van der Waals surface area contributed by atoms with Crippen LogP contribution in [0.5, 0.6) is 0 Å². The lowest BCUT2D eigenvalue weighted by atomic mass is 9.96. The molecule has 3 unspecified atom stereocenters. The first-order valence-electron chi connectivity index (χ1n) is 17.0. The molecule has 49 heavy (non-hydrogen) atoms. The van der Waals surface area contributed by atoms with Gasteiger partial charge in [-0.25, -0.2) is 9.59 Å². The summed E-state index contributed by atoms with van der Waals surface area (Å²) in [6.45, 7) is 14.6. The highest BCUT2D eigenvalue weighted by Crippen LogP contribution is 2.36. The Labute approximate surface area is 290 Å². The molecule has 3 aromatic rings. The molecule has 3 amide bonds. The summed E-state index contributed by atoms with van der Waals surface area (Å²) in [6.07, 6.45) is 1.07. The van der Waals surface area contributed by atoms with E-state index in [4.69, 9.17) is 9.47 Å². The molecule has 0 saturated heterocycles. The molecule has 1 saturated carbocycles. The Kier molecular flexibility index (Phi) is 11.9. The molecule has 4 rings (SSSR count). The van der Waals surface area contributed by atoms with E-state index in [0.717, 1.165) is 22.3 Å².